The first-order valence-corrected chi connectivity index (χ1v) is 8.64. The summed E-state index contributed by atoms with van der Waals surface area (Å²) in [5.41, 5.74) is 1.24. The molecule has 1 aliphatic heterocycles. The summed E-state index contributed by atoms with van der Waals surface area (Å²) in [5, 5.41) is 11.7. The SMILES string of the molecule is O=C(NCCOCCO)[C@H]1CCCN(c2nc(Cl)nc3nc[nH]c23)C1. The van der Waals surface area contributed by atoms with Crippen LogP contribution in [0.15, 0.2) is 6.33 Å². The number of anilines is 1. The number of hydrogen-bond acceptors (Lipinski definition) is 7. The molecule has 0 spiro atoms. The smallest absolute Gasteiger partial charge is 0.226 e. The van der Waals surface area contributed by atoms with E-state index in [9.17, 15) is 4.79 Å². The number of piperidine rings is 1. The highest BCUT2D eigenvalue weighted by Gasteiger charge is 2.28. The van der Waals surface area contributed by atoms with E-state index in [1.165, 1.54) is 0 Å². The van der Waals surface area contributed by atoms with E-state index in [2.05, 4.69) is 25.3 Å². The van der Waals surface area contributed by atoms with Gasteiger partial charge in [0.1, 0.15) is 5.52 Å². The number of halogens is 1. The van der Waals surface area contributed by atoms with Crippen LogP contribution < -0.4 is 10.2 Å². The molecule has 136 valence electrons. The molecule has 1 atom stereocenters. The van der Waals surface area contributed by atoms with Crippen LogP contribution in [-0.4, -0.2) is 70.4 Å². The molecule has 9 nitrogen and oxygen atoms in total. The van der Waals surface area contributed by atoms with Gasteiger partial charge in [-0.05, 0) is 24.4 Å². The van der Waals surface area contributed by atoms with Gasteiger partial charge in [-0.25, -0.2) is 4.98 Å². The van der Waals surface area contributed by atoms with Gasteiger partial charge in [0, 0.05) is 19.6 Å². The lowest BCUT2D eigenvalue weighted by atomic mass is 9.97. The lowest BCUT2D eigenvalue weighted by molar-refractivity contribution is -0.125. The van der Waals surface area contributed by atoms with E-state index in [4.69, 9.17) is 21.4 Å². The number of nitrogens with zero attached hydrogens (tertiary/aromatic N) is 4. The molecule has 3 N–H and O–H groups in total. The highest BCUT2D eigenvalue weighted by molar-refractivity contribution is 6.28. The molecule has 0 radical (unpaired) electrons. The molecule has 1 amide bonds. The fourth-order valence-electron chi connectivity index (χ4n) is 2.96. The second kappa shape index (κ2) is 8.41. The van der Waals surface area contributed by atoms with Crippen LogP contribution in [0.5, 0.6) is 0 Å². The van der Waals surface area contributed by atoms with Crippen molar-refractivity contribution in [1.29, 1.82) is 0 Å². The number of aliphatic hydroxyl groups excluding tert-OH is 1. The molecule has 2 aromatic heterocycles. The van der Waals surface area contributed by atoms with E-state index >= 15 is 0 Å². The molecule has 0 unspecified atom stereocenters. The van der Waals surface area contributed by atoms with Crippen molar-refractivity contribution in [2.75, 3.05) is 44.4 Å². The topological polar surface area (TPSA) is 116 Å². The Morgan fingerprint density at radius 3 is 3.20 bits per heavy atom. The zero-order valence-electron chi connectivity index (χ0n) is 13.7. The number of H-pyrrole nitrogens is 1. The number of imidazole rings is 1. The van der Waals surface area contributed by atoms with Crippen LogP contribution in [0.2, 0.25) is 5.28 Å². The maximum atomic E-state index is 12.4. The molecule has 25 heavy (non-hydrogen) atoms. The van der Waals surface area contributed by atoms with Crippen LogP contribution in [-0.2, 0) is 9.53 Å². The monoisotopic (exact) mass is 368 g/mol. The Morgan fingerprint density at radius 1 is 1.48 bits per heavy atom. The Balaban J connectivity index is 1.62. The summed E-state index contributed by atoms with van der Waals surface area (Å²) >= 11 is 6.00. The fourth-order valence-corrected chi connectivity index (χ4v) is 3.12. The van der Waals surface area contributed by atoms with Gasteiger partial charge in [-0.1, -0.05) is 0 Å². The van der Waals surface area contributed by atoms with E-state index in [1.54, 1.807) is 6.33 Å². The number of carbonyl (C=O) groups excluding carboxylic acids is 1. The van der Waals surface area contributed by atoms with Gasteiger partial charge in [-0.2, -0.15) is 9.97 Å². The molecule has 1 fully saturated rings. The normalized spacial score (nSPS) is 17.8. The van der Waals surface area contributed by atoms with Crippen LogP contribution in [0.4, 0.5) is 5.82 Å². The standard InChI is InChI=1S/C15H21ClN6O3/c16-15-20-12-11(18-9-19-12)13(21-15)22-4-1-2-10(8-22)14(24)17-3-6-25-7-5-23/h9-10,23H,1-8H2,(H,17,24)(H,18,19,20,21)/t10-/m0/s1. The third-order valence-corrected chi connectivity index (χ3v) is 4.28. The summed E-state index contributed by atoms with van der Waals surface area (Å²) in [5.74, 6) is 0.549. The van der Waals surface area contributed by atoms with Crippen molar-refractivity contribution in [2.24, 2.45) is 5.92 Å². The van der Waals surface area contributed by atoms with Gasteiger partial charge in [-0.15, -0.1) is 0 Å². The van der Waals surface area contributed by atoms with Gasteiger partial charge in [0.25, 0.3) is 0 Å². The predicted octanol–water partition coefficient (Wildman–Crippen LogP) is 0.348. The quantitative estimate of drug-likeness (QED) is 0.477. The maximum absolute atomic E-state index is 12.4. The number of aliphatic hydroxyl groups is 1. The first kappa shape index (κ1) is 17.8. The van der Waals surface area contributed by atoms with Gasteiger partial charge < -0.3 is 25.0 Å². The predicted molar refractivity (Wildman–Crippen MR) is 92.5 cm³/mol. The minimum atomic E-state index is -0.127. The van der Waals surface area contributed by atoms with Gasteiger partial charge in [0.2, 0.25) is 11.2 Å². The Hall–Kier alpha value is -1.97. The number of aromatic nitrogens is 4. The first-order chi connectivity index (χ1) is 12.2. The molecule has 0 aromatic carbocycles. The number of amides is 1. The summed E-state index contributed by atoms with van der Waals surface area (Å²) < 4.78 is 5.15. The van der Waals surface area contributed by atoms with E-state index < -0.39 is 0 Å². The summed E-state index contributed by atoms with van der Waals surface area (Å²) in [6, 6.07) is 0. The van der Waals surface area contributed by atoms with Crippen molar-refractivity contribution >= 4 is 34.5 Å². The summed E-state index contributed by atoms with van der Waals surface area (Å²) in [7, 11) is 0. The number of hydrogen-bond donors (Lipinski definition) is 3. The van der Waals surface area contributed by atoms with Crippen molar-refractivity contribution in [1.82, 2.24) is 25.3 Å². The Bertz CT molecular complexity index is 724. The van der Waals surface area contributed by atoms with E-state index in [0.29, 0.717) is 31.2 Å². The molecule has 0 saturated carbocycles. The van der Waals surface area contributed by atoms with Gasteiger partial charge in [0.15, 0.2) is 11.5 Å². The summed E-state index contributed by atoms with van der Waals surface area (Å²) in [6.45, 7) is 2.44. The van der Waals surface area contributed by atoms with Crippen molar-refractivity contribution in [3.63, 3.8) is 0 Å². The van der Waals surface area contributed by atoms with E-state index in [0.717, 1.165) is 24.9 Å². The molecule has 2 aromatic rings. The number of rotatable bonds is 7. The Kier molecular flexibility index (Phi) is 6.00. The van der Waals surface area contributed by atoms with Gasteiger partial charge in [0.05, 0.1) is 32.1 Å². The molecule has 3 rings (SSSR count). The summed E-state index contributed by atoms with van der Waals surface area (Å²) in [6.07, 6.45) is 3.26. The van der Waals surface area contributed by atoms with Crippen molar-refractivity contribution in [2.45, 2.75) is 12.8 Å². The highest BCUT2D eigenvalue weighted by atomic mass is 35.5. The van der Waals surface area contributed by atoms with Crippen molar-refractivity contribution in [3.8, 4) is 0 Å². The second-order valence-electron chi connectivity index (χ2n) is 5.83. The molecule has 1 saturated heterocycles. The molecule has 10 heteroatoms. The molecule has 0 bridgehead atoms. The number of ether oxygens (including phenoxy) is 1. The van der Waals surface area contributed by atoms with Crippen LogP contribution in [0.1, 0.15) is 12.8 Å². The van der Waals surface area contributed by atoms with Gasteiger partial charge >= 0.3 is 0 Å². The van der Waals surface area contributed by atoms with E-state index in [-0.39, 0.29) is 30.3 Å². The lowest BCUT2D eigenvalue weighted by Crippen LogP contribution is -2.44. The Morgan fingerprint density at radius 2 is 2.36 bits per heavy atom. The fraction of sp³-hybridized carbons (Fsp3) is 0.600. The zero-order chi connectivity index (χ0) is 17.6. The average molecular weight is 369 g/mol. The van der Waals surface area contributed by atoms with Crippen LogP contribution in [0.25, 0.3) is 11.2 Å². The number of fused-ring (bicyclic) bond motifs is 1. The number of aromatic amines is 1. The zero-order valence-corrected chi connectivity index (χ0v) is 14.5. The number of carbonyl (C=O) groups is 1. The third kappa shape index (κ3) is 4.36. The largest absolute Gasteiger partial charge is 0.394 e. The summed E-state index contributed by atoms with van der Waals surface area (Å²) in [4.78, 5) is 30.0. The minimum absolute atomic E-state index is 0.00157. The van der Waals surface area contributed by atoms with E-state index in [1.807, 2.05) is 4.90 Å². The second-order valence-corrected chi connectivity index (χ2v) is 6.17. The molecule has 0 aliphatic carbocycles. The van der Waals surface area contributed by atoms with Crippen LogP contribution in [0.3, 0.4) is 0 Å². The van der Waals surface area contributed by atoms with Crippen LogP contribution >= 0.6 is 11.6 Å². The molecule has 1 aliphatic rings. The lowest BCUT2D eigenvalue weighted by Gasteiger charge is -2.33. The van der Waals surface area contributed by atoms with Crippen molar-refractivity contribution < 1.29 is 14.6 Å². The number of nitrogens with one attached hydrogen (secondary N) is 2. The maximum Gasteiger partial charge on any atom is 0.226 e. The van der Waals surface area contributed by atoms with Crippen molar-refractivity contribution in [3.05, 3.63) is 11.6 Å². The first-order valence-electron chi connectivity index (χ1n) is 8.27. The minimum Gasteiger partial charge on any atom is -0.394 e. The molecule has 3 heterocycles. The third-order valence-electron chi connectivity index (χ3n) is 4.11. The molecular weight excluding hydrogens is 348 g/mol. The molecular formula is C15H21ClN6O3. The van der Waals surface area contributed by atoms with Crippen LogP contribution in [0, 0.1) is 5.92 Å². The van der Waals surface area contributed by atoms with Gasteiger partial charge in [-0.3, -0.25) is 4.79 Å². The average Bonchev–Trinajstić information content (AvgIpc) is 3.09. The highest BCUT2D eigenvalue weighted by Crippen LogP contribution is 2.27. The Labute approximate surface area is 149 Å².